The number of carbonyl (C=O) groups is 1. The zero-order chi connectivity index (χ0) is 19.5. The Morgan fingerprint density at radius 1 is 1.11 bits per heavy atom. The van der Waals surface area contributed by atoms with E-state index in [4.69, 9.17) is 20.8 Å². The summed E-state index contributed by atoms with van der Waals surface area (Å²) in [5, 5.41) is 3.50. The zero-order valence-corrected chi connectivity index (χ0v) is 15.9. The van der Waals surface area contributed by atoms with Crippen molar-refractivity contribution < 1.29 is 13.9 Å². The lowest BCUT2D eigenvalue weighted by atomic mass is 10.1. The summed E-state index contributed by atoms with van der Waals surface area (Å²) in [6.07, 6.45) is 0.234. The highest BCUT2D eigenvalue weighted by Gasteiger charge is 2.11. The number of nitrogens with one attached hydrogen (secondary N) is 1. The predicted molar refractivity (Wildman–Crippen MR) is 110 cm³/mol. The number of anilines is 1. The second-order valence-corrected chi connectivity index (χ2v) is 6.68. The van der Waals surface area contributed by atoms with Gasteiger partial charge in [0.1, 0.15) is 11.3 Å². The van der Waals surface area contributed by atoms with E-state index in [1.54, 1.807) is 25.3 Å². The number of ether oxygens (including phenoxy) is 1. The molecule has 1 amide bonds. The molecule has 1 N–H and O–H groups in total. The van der Waals surface area contributed by atoms with Gasteiger partial charge in [-0.15, -0.1) is 0 Å². The van der Waals surface area contributed by atoms with Gasteiger partial charge >= 0.3 is 0 Å². The maximum atomic E-state index is 12.3. The van der Waals surface area contributed by atoms with Crippen LogP contribution in [0.3, 0.4) is 0 Å². The Morgan fingerprint density at radius 3 is 2.68 bits per heavy atom. The quantitative estimate of drug-likeness (QED) is 0.498. The monoisotopic (exact) mass is 392 g/mol. The van der Waals surface area contributed by atoms with Gasteiger partial charge < -0.3 is 14.5 Å². The number of oxazole rings is 1. The van der Waals surface area contributed by atoms with E-state index in [-0.39, 0.29) is 12.3 Å². The molecule has 6 heteroatoms. The minimum atomic E-state index is -0.117. The third-order valence-electron chi connectivity index (χ3n) is 4.31. The Bertz CT molecular complexity index is 1140. The van der Waals surface area contributed by atoms with Crippen LogP contribution in [0.4, 0.5) is 5.69 Å². The molecule has 140 valence electrons. The molecular formula is C22H17ClN2O3. The second-order valence-electron chi connectivity index (χ2n) is 6.25. The maximum Gasteiger partial charge on any atom is 0.228 e. The Balaban J connectivity index is 1.47. The number of nitrogens with zero attached hydrogens (tertiary/aromatic N) is 1. The number of benzene rings is 3. The minimum Gasteiger partial charge on any atom is -0.496 e. The number of rotatable bonds is 5. The van der Waals surface area contributed by atoms with Crippen molar-refractivity contribution in [3.8, 4) is 17.2 Å². The number of halogens is 1. The molecule has 0 saturated carbocycles. The number of fused-ring (bicyclic) bond motifs is 1. The van der Waals surface area contributed by atoms with Crippen molar-refractivity contribution in [2.75, 3.05) is 12.4 Å². The van der Waals surface area contributed by atoms with Gasteiger partial charge in [-0.05, 0) is 48.5 Å². The van der Waals surface area contributed by atoms with Crippen LogP contribution in [0.5, 0.6) is 5.75 Å². The van der Waals surface area contributed by atoms with Crippen molar-refractivity contribution in [2.45, 2.75) is 6.42 Å². The molecule has 0 aliphatic rings. The van der Waals surface area contributed by atoms with E-state index >= 15 is 0 Å². The first-order chi connectivity index (χ1) is 13.6. The molecule has 3 aromatic carbocycles. The van der Waals surface area contributed by atoms with E-state index in [0.29, 0.717) is 33.4 Å². The van der Waals surface area contributed by atoms with E-state index in [0.717, 1.165) is 11.1 Å². The van der Waals surface area contributed by atoms with Crippen LogP contribution >= 0.6 is 11.6 Å². The average Bonchev–Trinajstić information content (AvgIpc) is 3.12. The van der Waals surface area contributed by atoms with Crippen LogP contribution in [-0.4, -0.2) is 18.0 Å². The SMILES string of the molecule is COc1ccccc1CC(=O)Nc1ccc(-c2nc3cc(Cl)ccc3o2)cc1. The number of hydrogen-bond donors (Lipinski definition) is 1. The predicted octanol–water partition coefficient (Wildman–Crippen LogP) is 5.34. The number of hydrogen-bond acceptors (Lipinski definition) is 4. The fraction of sp³-hybridized carbons (Fsp3) is 0.0909. The third-order valence-corrected chi connectivity index (χ3v) is 4.54. The Kier molecular flexibility index (Phi) is 5.00. The van der Waals surface area contributed by atoms with Gasteiger partial charge in [0.25, 0.3) is 0 Å². The second kappa shape index (κ2) is 7.74. The van der Waals surface area contributed by atoms with Crippen LogP contribution in [0.15, 0.2) is 71.1 Å². The van der Waals surface area contributed by atoms with E-state index < -0.39 is 0 Å². The van der Waals surface area contributed by atoms with Crippen molar-refractivity contribution in [1.29, 1.82) is 0 Å². The number of methoxy groups -OCH3 is 1. The number of carbonyl (C=O) groups excluding carboxylic acids is 1. The molecular weight excluding hydrogens is 376 g/mol. The Labute approximate surface area is 166 Å². The minimum absolute atomic E-state index is 0.117. The van der Waals surface area contributed by atoms with Gasteiger partial charge in [0.2, 0.25) is 11.8 Å². The lowest BCUT2D eigenvalue weighted by Crippen LogP contribution is -2.14. The molecule has 0 spiro atoms. The number of aromatic nitrogens is 1. The maximum absolute atomic E-state index is 12.3. The summed E-state index contributed by atoms with van der Waals surface area (Å²) in [7, 11) is 1.59. The Hall–Kier alpha value is -3.31. The number of para-hydroxylation sites is 1. The Morgan fingerprint density at radius 2 is 1.89 bits per heavy atom. The van der Waals surface area contributed by atoms with Crippen molar-refractivity contribution in [1.82, 2.24) is 4.98 Å². The zero-order valence-electron chi connectivity index (χ0n) is 15.1. The van der Waals surface area contributed by atoms with E-state index in [9.17, 15) is 4.79 Å². The highest BCUT2D eigenvalue weighted by atomic mass is 35.5. The van der Waals surface area contributed by atoms with Gasteiger partial charge in [0, 0.05) is 21.8 Å². The molecule has 0 unspecified atom stereocenters. The molecule has 0 radical (unpaired) electrons. The van der Waals surface area contributed by atoms with Crippen molar-refractivity contribution in [2.24, 2.45) is 0 Å². The molecule has 0 aliphatic heterocycles. The van der Waals surface area contributed by atoms with Gasteiger partial charge in [0.15, 0.2) is 5.58 Å². The average molecular weight is 393 g/mol. The summed E-state index contributed by atoms with van der Waals surface area (Å²) in [4.78, 5) is 16.8. The normalized spacial score (nSPS) is 10.8. The molecule has 4 aromatic rings. The molecule has 0 saturated heterocycles. The highest BCUT2D eigenvalue weighted by molar-refractivity contribution is 6.31. The third kappa shape index (κ3) is 3.85. The van der Waals surface area contributed by atoms with E-state index in [1.165, 1.54) is 0 Å². The van der Waals surface area contributed by atoms with E-state index in [2.05, 4.69) is 10.3 Å². The lowest BCUT2D eigenvalue weighted by Gasteiger charge is -2.09. The van der Waals surface area contributed by atoms with Crippen LogP contribution in [0, 0.1) is 0 Å². The molecule has 1 aromatic heterocycles. The summed E-state index contributed by atoms with van der Waals surface area (Å²) in [6.45, 7) is 0. The smallest absolute Gasteiger partial charge is 0.228 e. The fourth-order valence-corrected chi connectivity index (χ4v) is 3.11. The van der Waals surface area contributed by atoms with Crippen molar-refractivity contribution >= 4 is 34.3 Å². The van der Waals surface area contributed by atoms with Crippen LogP contribution in [0.2, 0.25) is 5.02 Å². The first kappa shape index (κ1) is 18.1. The van der Waals surface area contributed by atoms with Gasteiger partial charge in [-0.2, -0.15) is 0 Å². The van der Waals surface area contributed by atoms with Crippen LogP contribution < -0.4 is 10.1 Å². The first-order valence-electron chi connectivity index (χ1n) is 8.70. The molecule has 0 aliphatic carbocycles. The molecule has 1 heterocycles. The molecule has 0 atom stereocenters. The van der Waals surface area contributed by atoms with Crippen molar-refractivity contribution in [3.05, 3.63) is 77.3 Å². The van der Waals surface area contributed by atoms with Gasteiger partial charge in [-0.1, -0.05) is 29.8 Å². The van der Waals surface area contributed by atoms with Gasteiger partial charge in [-0.25, -0.2) is 4.98 Å². The molecule has 0 bridgehead atoms. The molecule has 4 rings (SSSR count). The summed E-state index contributed by atoms with van der Waals surface area (Å²) in [6, 6.07) is 20.1. The fourth-order valence-electron chi connectivity index (χ4n) is 2.95. The molecule has 5 nitrogen and oxygen atoms in total. The standard InChI is InChI=1S/C22H17ClN2O3/c1-27-19-5-3-2-4-15(19)12-21(26)24-17-9-6-14(7-10-17)22-25-18-13-16(23)8-11-20(18)28-22/h2-11,13H,12H2,1H3,(H,24,26). The van der Waals surface area contributed by atoms with Crippen LogP contribution in [0.25, 0.3) is 22.6 Å². The summed E-state index contributed by atoms with van der Waals surface area (Å²) in [5.74, 6) is 1.09. The van der Waals surface area contributed by atoms with E-state index in [1.807, 2.05) is 48.5 Å². The van der Waals surface area contributed by atoms with Crippen LogP contribution in [-0.2, 0) is 11.2 Å². The molecule has 0 fully saturated rings. The summed E-state index contributed by atoms with van der Waals surface area (Å²) in [5.41, 5.74) is 3.73. The first-order valence-corrected chi connectivity index (χ1v) is 9.08. The largest absolute Gasteiger partial charge is 0.496 e. The highest BCUT2D eigenvalue weighted by Crippen LogP contribution is 2.27. The van der Waals surface area contributed by atoms with Crippen molar-refractivity contribution in [3.63, 3.8) is 0 Å². The topological polar surface area (TPSA) is 64.4 Å². The lowest BCUT2D eigenvalue weighted by molar-refractivity contribution is -0.115. The number of amides is 1. The van der Waals surface area contributed by atoms with Gasteiger partial charge in [0.05, 0.1) is 13.5 Å². The van der Waals surface area contributed by atoms with Gasteiger partial charge in [-0.3, -0.25) is 4.79 Å². The molecule has 28 heavy (non-hydrogen) atoms. The summed E-state index contributed by atoms with van der Waals surface area (Å²) >= 11 is 5.99. The van der Waals surface area contributed by atoms with Crippen LogP contribution in [0.1, 0.15) is 5.56 Å². The summed E-state index contributed by atoms with van der Waals surface area (Å²) < 4.78 is 11.1.